The normalized spacial score (nSPS) is 19.4. The van der Waals surface area contributed by atoms with Gasteiger partial charge < -0.3 is 18.6 Å². The van der Waals surface area contributed by atoms with Crippen molar-refractivity contribution in [1.29, 1.82) is 0 Å². The molecule has 2 aromatic carbocycles. The van der Waals surface area contributed by atoms with Gasteiger partial charge in [-0.1, -0.05) is 45.0 Å². The molecule has 0 fully saturated rings. The van der Waals surface area contributed by atoms with Crippen molar-refractivity contribution in [2.24, 2.45) is 0 Å². The molecule has 6 heteroatoms. The van der Waals surface area contributed by atoms with E-state index in [0.717, 1.165) is 16.3 Å². The summed E-state index contributed by atoms with van der Waals surface area (Å²) in [6.07, 6.45) is 0.425. The van der Waals surface area contributed by atoms with Crippen molar-refractivity contribution in [3.8, 4) is 5.75 Å². The summed E-state index contributed by atoms with van der Waals surface area (Å²) < 4.78 is 24.0. The van der Waals surface area contributed by atoms with Gasteiger partial charge in [-0.15, -0.1) is 0 Å². The summed E-state index contributed by atoms with van der Waals surface area (Å²) in [6.45, 7) is 13.2. The number of benzene rings is 2. The van der Waals surface area contributed by atoms with Crippen LogP contribution < -0.4 is 4.74 Å². The molecule has 28 heavy (non-hydrogen) atoms. The Bertz CT molecular complexity index is 900. The van der Waals surface area contributed by atoms with Gasteiger partial charge in [-0.05, 0) is 41.9 Å². The van der Waals surface area contributed by atoms with Crippen LogP contribution in [-0.2, 0) is 20.3 Å². The number of rotatable bonds is 5. The van der Waals surface area contributed by atoms with Gasteiger partial charge in [-0.2, -0.15) is 0 Å². The van der Waals surface area contributed by atoms with Crippen LogP contribution >= 0.6 is 0 Å². The van der Waals surface area contributed by atoms with E-state index in [1.165, 1.54) is 7.11 Å². The third-order valence-electron chi connectivity index (χ3n) is 5.74. The Morgan fingerprint density at radius 3 is 2.54 bits per heavy atom. The Kier molecular flexibility index (Phi) is 5.34. The molecule has 1 atom stereocenters. The minimum Gasteiger partial charge on any atom is -0.465 e. The number of methoxy groups -OCH3 is 1. The molecule has 1 aliphatic rings. The fourth-order valence-electron chi connectivity index (χ4n) is 3.29. The van der Waals surface area contributed by atoms with Crippen LogP contribution in [0.2, 0.25) is 18.1 Å². The van der Waals surface area contributed by atoms with Gasteiger partial charge in [0.05, 0.1) is 20.1 Å². The van der Waals surface area contributed by atoms with E-state index in [9.17, 15) is 4.79 Å². The largest absolute Gasteiger partial charge is 0.465 e. The second-order valence-corrected chi connectivity index (χ2v) is 13.4. The Labute approximate surface area is 168 Å². The van der Waals surface area contributed by atoms with Gasteiger partial charge >= 0.3 is 11.9 Å². The van der Waals surface area contributed by atoms with Crippen LogP contribution in [0.1, 0.15) is 43.6 Å². The topological polar surface area (TPSA) is 54.0 Å². The molecule has 1 aliphatic heterocycles. The maximum atomic E-state index is 12.5. The first kappa shape index (κ1) is 20.8. The first-order valence-corrected chi connectivity index (χ1v) is 12.6. The summed E-state index contributed by atoms with van der Waals surface area (Å²) in [7, 11) is -0.829. The van der Waals surface area contributed by atoms with Crippen LogP contribution in [0.5, 0.6) is 5.75 Å². The van der Waals surface area contributed by atoms with E-state index >= 15 is 0 Å². The molecular formula is C22H30O5Si. The second kappa shape index (κ2) is 7.17. The maximum Gasteiger partial charge on any atom is 0.341 e. The van der Waals surface area contributed by atoms with Crippen molar-refractivity contribution in [2.45, 2.75) is 58.2 Å². The van der Waals surface area contributed by atoms with E-state index in [0.29, 0.717) is 24.3 Å². The molecule has 1 heterocycles. The number of carbonyl (C=O) groups is 1. The fraction of sp³-hybridized carbons (Fsp3) is 0.500. The highest BCUT2D eigenvalue weighted by Gasteiger charge is 2.51. The van der Waals surface area contributed by atoms with E-state index in [1.54, 1.807) is 0 Å². The first-order chi connectivity index (χ1) is 13.0. The summed E-state index contributed by atoms with van der Waals surface area (Å²) in [6, 6.07) is 9.77. The average molecular weight is 403 g/mol. The quantitative estimate of drug-likeness (QED) is 0.387. The molecule has 2 aromatic rings. The number of esters is 1. The highest BCUT2D eigenvalue weighted by Crippen LogP contribution is 2.47. The third-order valence-corrected chi connectivity index (χ3v) is 10.2. The van der Waals surface area contributed by atoms with Crippen molar-refractivity contribution < 1.29 is 23.4 Å². The summed E-state index contributed by atoms with van der Waals surface area (Å²) in [4.78, 5) is 12.5. The first-order valence-electron chi connectivity index (χ1n) is 9.69. The SMILES string of the molecule is CCOC1(O[Si](C)(C)C(C)(C)C)Cc2c(c(C(=O)OC)cc3ccccc23)O1. The molecule has 0 bridgehead atoms. The molecule has 0 radical (unpaired) electrons. The Morgan fingerprint density at radius 1 is 1.25 bits per heavy atom. The van der Waals surface area contributed by atoms with Crippen molar-refractivity contribution >= 4 is 25.1 Å². The standard InChI is InChI=1S/C22H30O5Si/c1-8-25-22(27-28(6,7)21(2,3)4)14-18-16-12-10-9-11-15(16)13-17(19(18)26-22)20(23)24-5/h9-13H,8,14H2,1-7H3. The van der Waals surface area contributed by atoms with Crippen molar-refractivity contribution in [2.75, 3.05) is 13.7 Å². The van der Waals surface area contributed by atoms with Gasteiger partial charge in [0, 0.05) is 5.56 Å². The molecule has 0 saturated carbocycles. The molecule has 0 N–H and O–H groups in total. The lowest BCUT2D eigenvalue weighted by molar-refractivity contribution is -0.295. The van der Waals surface area contributed by atoms with E-state index < -0.39 is 20.3 Å². The van der Waals surface area contributed by atoms with Gasteiger partial charge in [-0.25, -0.2) is 4.79 Å². The summed E-state index contributed by atoms with van der Waals surface area (Å²) in [5.74, 6) is -1.16. The van der Waals surface area contributed by atoms with E-state index in [4.69, 9.17) is 18.6 Å². The van der Waals surface area contributed by atoms with E-state index in [-0.39, 0.29) is 5.04 Å². The number of carbonyl (C=O) groups excluding carboxylic acids is 1. The average Bonchev–Trinajstić information content (AvgIpc) is 2.98. The van der Waals surface area contributed by atoms with Crippen LogP contribution in [0.25, 0.3) is 10.8 Å². The van der Waals surface area contributed by atoms with Gasteiger partial charge in [0.15, 0.2) is 0 Å². The van der Waals surface area contributed by atoms with Crippen LogP contribution in [0, 0.1) is 0 Å². The van der Waals surface area contributed by atoms with Gasteiger partial charge in [0.2, 0.25) is 8.32 Å². The summed E-state index contributed by atoms with van der Waals surface area (Å²) in [5.41, 5.74) is 1.32. The van der Waals surface area contributed by atoms with Crippen LogP contribution in [-0.4, -0.2) is 34.0 Å². The monoisotopic (exact) mass is 402 g/mol. The van der Waals surface area contributed by atoms with Gasteiger partial charge in [0.1, 0.15) is 11.3 Å². The lowest BCUT2D eigenvalue weighted by atomic mass is 9.98. The molecule has 0 aliphatic carbocycles. The zero-order valence-corrected chi connectivity index (χ0v) is 18.8. The maximum absolute atomic E-state index is 12.5. The number of hydrogen-bond acceptors (Lipinski definition) is 5. The molecule has 3 rings (SSSR count). The van der Waals surface area contributed by atoms with Gasteiger partial charge in [0.25, 0.3) is 0 Å². The predicted octanol–water partition coefficient (Wildman–Crippen LogP) is 5.27. The zero-order valence-electron chi connectivity index (χ0n) is 17.8. The van der Waals surface area contributed by atoms with Crippen molar-refractivity contribution in [1.82, 2.24) is 0 Å². The lowest BCUT2D eigenvalue weighted by Crippen LogP contribution is -2.53. The second-order valence-electron chi connectivity index (χ2n) is 8.70. The summed E-state index contributed by atoms with van der Waals surface area (Å²) >= 11 is 0. The minimum absolute atomic E-state index is 0.0114. The zero-order chi connectivity index (χ0) is 20.7. The third kappa shape index (κ3) is 3.56. The Hall–Kier alpha value is -1.89. The van der Waals surface area contributed by atoms with Crippen molar-refractivity contribution in [3.63, 3.8) is 0 Å². The van der Waals surface area contributed by atoms with Crippen LogP contribution in [0.15, 0.2) is 30.3 Å². The highest BCUT2D eigenvalue weighted by atomic mass is 28.4. The Morgan fingerprint density at radius 2 is 1.93 bits per heavy atom. The number of ether oxygens (including phenoxy) is 3. The molecule has 5 nitrogen and oxygen atoms in total. The smallest absolute Gasteiger partial charge is 0.341 e. The number of hydrogen-bond donors (Lipinski definition) is 0. The Balaban J connectivity index is 2.14. The van der Waals surface area contributed by atoms with Crippen molar-refractivity contribution in [3.05, 3.63) is 41.5 Å². The lowest BCUT2D eigenvalue weighted by Gasteiger charge is -2.42. The minimum atomic E-state index is -2.21. The van der Waals surface area contributed by atoms with Gasteiger partial charge in [-0.3, -0.25) is 0 Å². The van der Waals surface area contributed by atoms with E-state index in [2.05, 4.69) is 33.9 Å². The summed E-state index contributed by atoms with van der Waals surface area (Å²) in [5, 5.41) is 1.98. The highest BCUT2D eigenvalue weighted by molar-refractivity contribution is 6.74. The van der Waals surface area contributed by atoms with E-state index in [1.807, 2.05) is 37.3 Å². The van der Waals surface area contributed by atoms with Crippen LogP contribution in [0.3, 0.4) is 0 Å². The number of fused-ring (bicyclic) bond motifs is 3. The molecule has 0 saturated heterocycles. The van der Waals surface area contributed by atoms with Crippen LogP contribution in [0.4, 0.5) is 0 Å². The molecule has 0 amide bonds. The molecule has 152 valence electrons. The molecular weight excluding hydrogens is 372 g/mol. The molecule has 0 spiro atoms. The fourth-order valence-corrected chi connectivity index (χ4v) is 4.55. The predicted molar refractivity (Wildman–Crippen MR) is 112 cm³/mol. The molecule has 1 unspecified atom stereocenters. The molecule has 0 aromatic heterocycles.